The Bertz CT molecular complexity index is 827. The molecule has 1 fully saturated rings. The van der Waals surface area contributed by atoms with Gasteiger partial charge in [-0.1, -0.05) is 30.5 Å². The molecule has 0 radical (unpaired) electrons. The molecule has 0 aliphatic carbocycles. The summed E-state index contributed by atoms with van der Waals surface area (Å²) in [4.78, 5) is 27.1. The molecule has 0 unspecified atom stereocenters. The second-order valence-electron chi connectivity index (χ2n) is 7.74. The third kappa shape index (κ3) is 5.76. The summed E-state index contributed by atoms with van der Waals surface area (Å²) in [5, 5.41) is 6.86. The number of piperidine rings is 1. The number of hydrogen-bond donors (Lipinski definition) is 1. The molecule has 0 saturated carbocycles. The van der Waals surface area contributed by atoms with Crippen molar-refractivity contribution in [1.82, 2.24) is 19.8 Å². The number of nitrogens with zero attached hydrogens (tertiary/aromatic N) is 3. The van der Waals surface area contributed by atoms with Crippen LogP contribution in [0.2, 0.25) is 0 Å². The number of benzene rings is 1. The predicted molar refractivity (Wildman–Crippen MR) is 112 cm³/mol. The molecule has 156 valence electrons. The average molecular weight is 417 g/mol. The van der Waals surface area contributed by atoms with Crippen LogP contribution in [0.4, 0.5) is 0 Å². The Hall–Kier alpha value is -2.48. The zero-order valence-electron chi connectivity index (χ0n) is 17.2. The highest BCUT2D eigenvalue weighted by atomic mass is 32.1. The first-order valence-electron chi connectivity index (χ1n) is 10.0. The van der Waals surface area contributed by atoms with Gasteiger partial charge in [0.15, 0.2) is 6.61 Å². The summed E-state index contributed by atoms with van der Waals surface area (Å²) in [6, 6.07) is 7.85. The van der Waals surface area contributed by atoms with Crippen molar-refractivity contribution in [3.8, 4) is 5.75 Å². The molecule has 2 aromatic rings. The fraction of sp³-hybridized carbons (Fsp3) is 0.524. The lowest BCUT2D eigenvalue weighted by atomic mass is 9.96. The van der Waals surface area contributed by atoms with Crippen LogP contribution in [0, 0.1) is 12.8 Å². The van der Waals surface area contributed by atoms with Crippen molar-refractivity contribution in [3.05, 3.63) is 40.4 Å². The van der Waals surface area contributed by atoms with E-state index in [4.69, 9.17) is 4.74 Å². The van der Waals surface area contributed by atoms with E-state index in [1.807, 2.05) is 29.2 Å². The minimum atomic E-state index is -0.122. The molecular formula is C21H28N4O3S. The lowest BCUT2D eigenvalue weighted by Gasteiger charge is -2.31. The van der Waals surface area contributed by atoms with Crippen LogP contribution in [0.25, 0.3) is 0 Å². The number of amides is 2. The normalized spacial score (nSPS) is 14.8. The van der Waals surface area contributed by atoms with Crippen LogP contribution in [-0.4, -0.2) is 52.5 Å². The van der Waals surface area contributed by atoms with E-state index in [1.54, 1.807) is 6.92 Å². The van der Waals surface area contributed by atoms with E-state index in [9.17, 15) is 9.59 Å². The molecule has 1 aromatic heterocycles. The highest BCUT2D eigenvalue weighted by Crippen LogP contribution is 2.21. The minimum absolute atomic E-state index is 0.00993. The van der Waals surface area contributed by atoms with Gasteiger partial charge in [0.25, 0.3) is 11.8 Å². The molecule has 0 spiro atoms. The van der Waals surface area contributed by atoms with Crippen molar-refractivity contribution in [1.29, 1.82) is 0 Å². The predicted octanol–water partition coefficient (Wildman–Crippen LogP) is 3.02. The van der Waals surface area contributed by atoms with Crippen molar-refractivity contribution in [2.75, 3.05) is 26.2 Å². The van der Waals surface area contributed by atoms with Crippen molar-refractivity contribution in [2.24, 2.45) is 5.92 Å². The summed E-state index contributed by atoms with van der Waals surface area (Å²) in [5.41, 5.74) is 1.93. The minimum Gasteiger partial charge on any atom is -0.484 e. The van der Waals surface area contributed by atoms with Gasteiger partial charge in [-0.2, -0.15) is 0 Å². The lowest BCUT2D eigenvalue weighted by Crippen LogP contribution is -2.42. The fourth-order valence-electron chi connectivity index (χ4n) is 3.32. The van der Waals surface area contributed by atoms with Gasteiger partial charge in [-0.3, -0.25) is 9.59 Å². The van der Waals surface area contributed by atoms with Gasteiger partial charge >= 0.3 is 0 Å². The molecule has 3 rings (SSSR count). The maximum Gasteiger partial charge on any atom is 0.267 e. The maximum atomic E-state index is 12.5. The summed E-state index contributed by atoms with van der Waals surface area (Å²) in [6.45, 7) is 8.08. The topological polar surface area (TPSA) is 84.4 Å². The van der Waals surface area contributed by atoms with Crippen molar-refractivity contribution >= 4 is 23.3 Å². The number of ether oxygens (including phenoxy) is 1. The zero-order chi connectivity index (χ0) is 20.8. The highest BCUT2D eigenvalue weighted by Gasteiger charge is 2.26. The summed E-state index contributed by atoms with van der Waals surface area (Å²) in [5.74, 6) is 1.43. The van der Waals surface area contributed by atoms with Gasteiger partial charge in [0.1, 0.15) is 10.6 Å². The smallest absolute Gasteiger partial charge is 0.267 e. The molecule has 1 aliphatic heterocycles. The Balaban J connectivity index is 1.36. The van der Waals surface area contributed by atoms with Gasteiger partial charge in [-0.05, 0) is 60.8 Å². The molecule has 2 heterocycles. The van der Waals surface area contributed by atoms with Crippen molar-refractivity contribution in [2.45, 2.75) is 39.5 Å². The molecule has 1 aliphatic rings. The molecule has 1 saturated heterocycles. The van der Waals surface area contributed by atoms with Gasteiger partial charge in [0.2, 0.25) is 0 Å². The standard InChI is InChI=1S/C21H28N4O3S/c1-14(2)17-4-6-18(7-5-17)28-13-19(26)22-12-16-8-10-25(11-9-16)21(27)20-15(3)23-24-29-20/h4-7,14,16H,8-13H2,1-3H3,(H,22,26). The van der Waals surface area contributed by atoms with E-state index in [0.29, 0.717) is 47.8 Å². The number of carbonyl (C=O) groups is 2. The molecule has 29 heavy (non-hydrogen) atoms. The van der Waals surface area contributed by atoms with Crippen LogP contribution >= 0.6 is 11.5 Å². The average Bonchev–Trinajstić information content (AvgIpc) is 3.16. The number of carbonyl (C=O) groups excluding carboxylic acids is 2. The van der Waals surface area contributed by atoms with E-state index in [2.05, 4.69) is 28.8 Å². The number of aryl methyl sites for hydroxylation is 1. The molecule has 0 atom stereocenters. The van der Waals surface area contributed by atoms with Crippen LogP contribution in [0.15, 0.2) is 24.3 Å². The Morgan fingerprint density at radius 3 is 2.52 bits per heavy atom. The lowest BCUT2D eigenvalue weighted by molar-refractivity contribution is -0.123. The van der Waals surface area contributed by atoms with E-state index >= 15 is 0 Å². The van der Waals surface area contributed by atoms with Crippen molar-refractivity contribution < 1.29 is 14.3 Å². The van der Waals surface area contributed by atoms with Gasteiger partial charge in [0.05, 0.1) is 5.69 Å². The first-order valence-corrected chi connectivity index (χ1v) is 10.8. The molecule has 1 aromatic carbocycles. The third-order valence-corrected chi connectivity index (χ3v) is 6.07. The Labute approximate surface area is 175 Å². The van der Waals surface area contributed by atoms with E-state index in [-0.39, 0.29) is 18.4 Å². The maximum absolute atomic E-state index is 12.5. The van der Waals surface area contributed by atoms with Gasteiger partial charge < -0.3 is 15.0 Å². The molecular weight excluding hydrogens is 388 g/mol. The quantitative estimate of drug-likeness (QED) is 0.750. The van der Waals surface area contributed by atoms with E-state index in [1.165, 1.54) is 5.56 Å². The monoisotopic (exact) mass is 416 g/mol. The first-order chi connectivity index (χ1) is 13.9. The third-order valence-electron chi connectivity index (χ3n) is 5.25. The van der Waals surface area contributed by atoms with Crippen LogP contribution < -0.4 is 10.1 Å². The number of aromatic nitrogens is 2. The molecule has 7 nitrogen and oxygen atoms in total. The summed E-state index contributed by atoms with van der Waals surface area (Å²) >= 11 is 1.15. The van der Waals surface area contributed by atoms with Gasteiger partial charge in [-0.15, -0.1) is 5.10 Å². The largest absolute Gasteiger partial charge is 0.484 e. The van der Waals surface area contributed by atoms with Crippen LogP contribution in [0.5, 0.6) is 5.75 Å². The van der Waals surface area contributed by atoms with Crippen LogP contribution in [-0.2, 0) is 4.79 Å². The SMILES string of the molecule is Cc1nnsc1C(=O)N1CCC(CNC(=O)COc2ccc(C(C)C)cc2)CC1. The second kappa shape index (κ2) is 9.82. The van der Waals surface area contributed by atoms with E-state index < -0.39 is 0 Å². The summed E-state index contributed by atoms with van der Waals surface area (Å²) in [6.07, 6.45) is 1.74. The zero-order valence-corrected chi connectivity index (χ0v) is 18.0. The van der Waals surface area contributed by atoms with E-state index in [0.717, 1.165) is 24.4 Å². The molecule has 1 N–H and O–H groups in total. The van der Waals surface area contributed by atoms with Gasteiger partial charge in [0, 0.05) is 19.6 Å². The number of likely N-dealkylation sites (tertiary alicyclic amines) is 1. The summed E-state index contributed by atoms with van der Waals surface area (Å²) in [7, 11) is 0. The first kappa shape index (κ1) is 21.2. The molecule has 0 bridgehead atoms. The Morgan fingerprint density at radius 2 is 1.93 bits per heavy atom. The Morgan fingerprint density at radius 1 is 1.24 bits per heavy atom. The van der Waals surface area contributed by atoms with Crippen LogP contribution in [0.3, 0.4) is 0 Å². The van der Waals surface area contributed by atoms with Gasteiger partial charge in [-0.25, -0.2) is 0 Å². The number of nitrogens with one attached hydrogen (secondary N) is 1. The van der Waals surface area contributed by atoms with Crippen LogP contribution in [0.1, 0.15) is 53.5 Å². The number of rotatable bonds is 7. The number of hydrogen-bond acceptors (Lipinski definition) is 6. The molecule has 2 amide bonds. The second-order valence-corrected chi connectivity index (χ2v) is 8.49. The Kier molecular flexibility index (Phi) is 7.19. The highest BCUT2D eigenvalue weighted by molar-refractivity contribution is 7.07. The fourth-order valence-corrected chi connectivity index (χ4v) is 3.94. The molecule has 8 heteroatoms. The van der Waals surface area contributed by atoms with Crippen molar-refractivity contribution in [3.63, 3.8) is 0 Å². The summed E-state index contributed by atoms with van der Waals surface area (Å²) < 4.78 is 9.41.